The fraction of sp³-hybridized carbons (Fsp3) is 0.211. The van der Waals surface area contributed by atoms with Gasteiger partial charge >= 0.3 is 14.7 Å². The standard InChI is InChI=1S/C38H40O4P2/c1-25-15-11-21-35(29(25)5)43(39,36-22-12-16-26(2)30(36)6)41-33-19-9-10-20-34(33)42-44(40,37-23-13-17-27(3)31(37)7)38-24-14-18-28(4)32(38)8/h9-24H,1-8H3. The van der Waals surface area contributed by atoms with Gasteiger partial charge in [-0.05, 0) is 136 Å². The van der Waals surface area contributed by atoms with Crippen LogP contribution < -0.4 is 30.3 Å². The molecule has 0 unspecified atom stereocenters. The van der Waals surface area contributed by atoms with E-state index in [1.807, 2.05) is 140 Å². The van der Waals surface area contributed by atoms with Crippen LogP contribution in [0.2, 0.25) is 0 Å². The second-order valence-corrected chi connectivity index (χ2v) is 16.1. The van der Waals surface area contributed by atoms with E-state index in [1.54, 1.807) is 12.1 Å². The summed E-state index contributed by atoms with van der Waals surface area (Å²) in [6, 6.07) is 30.3. The van der Waals surface area contributed by atoms with Crippen molar-refractivity contribution in [3.8, 4) is 11.5 Å². The Morgan fingerprint density at radius 2 is 0.614 bits per heavy atom. The van der Waals surface area contributed by atoms with Gasteiger partial charge in [0, 0.05) is 0 Å². The van der Waals surface area contributed by atoms with Crippen LogP contribution in [0.5, 0.6) is 11.5 Å². The summed E-state index contributed by atoms with van der Waals surface area (Å²) in [6.45, 7) is 15.9. The fourth-order valence-electron chi connectivity index (χ4n) is 5.55. The maximum atomic E-state index is 15.4. The molecule has 5 rings (SSSR count). The van der Waals surface area contributed by atoms with Crippen molar-refractivity contribution in [2.75, 3.05) is 0 Å². The molecule has 0 spiro atoms. The average molecular weight is 623 g/mol. The lowest BCUT2D eigenvalue weighted by molar-refractivity contribution is 0.466. The lowest BCUT2D eigenvalue weighted by Gasteiger charge is -2.28. The van der Waals surface area contributed by atoms with E-state index in [9.17, 15) is 0 Å². The van der Waals surface area contributed by atoms with E-state index in [0.29, 0.717) is 21.2 Å². The molecule has 0 saturated heterocycles. The number of hydrogen-bond acceptors (Lipinski definition) is 4. The molecular weight excluding hydrogens is 582 g/mol. The predicted octanol–water partition coefficient (Wildman–Crippen LogP) is 8.77. The van der Waals surface area contributed by atoms with Crippen molar-refractivity contribution in [1.82, 2.24) is 0 Å². The van der Waals surface area contributed by atoms with E-state index >= 15 is 9.13 Å². The molecule has 5 aromatic carbocycles. The molecule has 6 heteroatoms. The zero-order chi connectivity index (χ0) is 31.8. The minimum Gasteiger partial charge on any atom is -0.433 e. The highest BCUT2D eigenvalue weighted by Crippen LogP contribution is 2.54. The van der Waals surface area contributed by atoms with Crippen molar-refractivity contribution in [3.63, 3.8) is 0 Å². The Labute approximate surface area is 262 Å². The molecule has 0 aliphatic carbocycles. The molecule has 0 heterocycles. The highest BCUT2D eigenvalue weighted by atomic mass is 31.2. The summed E-state index contributed by atoms with van der Waals surface area (Å²) in [4.78, 5) is 0. The first-order valence-electron chi connectivity index (χ1n) is 14.8. The summed E-state index contributed by atoms with van der Waals surface area (Å²) in [7, 11) is -7.43. The molecule has 0 aliphatic heterocycles. The van der Waals surface area contributed by atoms with Gasteiger partial charge in [-0.1, -0.05) is 60.7 Å². The van der Waals surface area contributed by atoms with Crippen LogP contribution in [0.25, 0.3) is 0 Å². The topological polar surface area (TPSA) is 52.6 Å². The Kier molecular flexibility index (Phi) is 8.81. The molecule has 226 valence electrons. The molecule has 0 aromatic heterocycles. The first kappa shape index (κ1) is 31.6. The number of hydrogen-bond donors (Lipinski definition) is 0. The third-order valence-corrected chi connectivity index (χ3v) is 14.3. The summed E-state index contributed by atoms with van der Waals surface area (Å²) >= 11 is 0. The van der Waals surface area contributed by atoms with Gasteiger partial charge < -0.3 is 9.05 Å². The van der Waals surface area contributed by atoms with Crippen LogP contribution in [0.3, 0.4) is 0 Å². The number of aryl methyl sites for hydroxylation is 4. The molecule has 5 aromatic rings. The number of rotatable bonds is 8. The smallest absolute Gasteiger partial charge is 0.307 e. The molecule has 0 aliphatic rings. The van der Waals surface area contributed by atoms with Crippen LogP contribution in [-0.2, 0) is 9.13 Å². The van der Waals surface area contributed by atoms with Gasteiger partial charge in [-0.3, -0.25) is 9.13 Å². The molecule has 0 amide bonds. The molecule has 0 saturated carbocycles. The van der Waals surface area contributed by atoms with Crippen molar-refractivity contribution in [2.45, 2.75) is 55.4 Å². The van der Waals surface area contributed by atoms with Crippen LogP contribution in [0.15, 0.2) is 97.1 Å². The highest BCUT2D eigenvalue weighted by molar-refractivity contribution is 7.75. The lowest BCUT2D eigenvalue weighted by atomic mass is 10.1. The molecule has 0 atom stereocenters. The second-order valence-electron chi connectivity index (χ2n) is 11.6. The average Bonchev–Trinajstić information content (AvgIpc) is 2.99. The van der Waals surface area contributed by atoms with Crippen molar-refractivity contribution in [3.05, 3.63) is 142 Å². The summed E-state index contributed by atoms with van der Waals surface area (Å²) < 4.78 is 44.3. The van der Waals surface area contributed by atoms with Crippen molar-refractivity contribution in [2.24, 2.45) is 0 Å². The first-order chi connectivity index (χ1) is 20.9. The van der Waals surface area contributed by atoms with E-state index in [-0.39, 0.29) is 11.5 Å². The second kappa shape index (κ2) is 12.3. The van der Waals surface area contributed by atoms with Crippen molar-refractivity contribution >= 4 is 36.0 Å². The van der Waals surface area contributed by atoms with Gasteiger partial charge in [0.1, 0.15) is 0 Å². The quantitative estimate of drug-likeness (QED) is 0.162. The minimum atomic E-state index is -3.72. The van der Waals surface area contributed by atoms with Gasteiger partial charge in [0.2, 0.25) is 0 Å². The molecule has 0 bridgehead atoms. The molecule has 0 fully saturated rings. The fourth-order valence-corrected chi connectivity index (χ4v) is 10.9. The van der Waals surface area contributed by atoms with Gasteiger partial charge in [-0.25, -0.2) is 0 Å². The van der Waals surface area contributed by atoms with Gasteiger partial charge in [-0.2, -0.15) is 0 Å². The minimum absolute atomic E-state index is 0.272. The van der Waals surface area contributed by atoms with Crippen LogP contribution in [0.1, 0.15) is 44.5 Å². The van der Waals surface area contributed by atoms with E-state index < -0.39 is 14.7 Å². The van der Waals surface area contributed by atoms with E-state index in [0.717, 1.165) is 44.5 Å². The third kappa shape index (κ3) is 5.58. The summed E-state index contributed by atoms with van der Waals surface area (Å²) in [6.07, 6.45) is 0. The molecular formula is C38H40O4P2. The van der Waals surface area contributed by atoms with Crippen molar-refractivity contribution < 1.29 is 18.2 Å². The number of para-hydroxylation sites is 2. The van der Waals surface area contributed by atoms with Crippen LogP contribution in [0, 0.1) is 55.4 Å². The summed E-state index contributed by atoms with van der Waals surface area (Å²) in [5.41, 5.74) is 7.73. The van der Waals surface area contributed by atoms with Gasteiger partial charge in [0.25, 0.3) is 0 Å². The molecule has 0 N–H and O–H groups in total. The molecule has 44 heavy (non-hydrogen) atoms. The Hall–Kier alpha value is -3.84. The van der Waals surface area contributed by atoms with E-state index in [4.69, 9.17) is 9.05 Å². The first-order valence-corrected chi connectivity index (χ1v) is 18.1. The SMILES string of the molecule is Cc1cccc(P(=O)(Oc2ccccc2OP(=O)(c2cccc(C)c2C)c2cccc(C)c2C)c2cccc(C)c2C)c1C. The monoisotopic (exact) mass is 622 g/mol. The van der Waals surface area contributed by atoms with E-state index in [2.05, 4.69) is 0 Å². The van der Waals surface area contributed by atoms with E-state index in [1.165, 1.54) is 0 Å². The predicted molar refractivity (Wildman–Crippen MR) is 185 cm³/mol. The molecule has 4 nitrogen and oxygen atoms in total. The Morgan fingerprint density at radius 3 is 0.864 bits per heavy atom. The van der Waals surface area contributed by atoms with Crippen LogP contribution in [0.4, 0.5) is 0 Å². The number of benzene rings is 5. The van der Waals surface area contributed by atoms with Gasteiger partial charge in [0.15, 0.2) is 11.5 Å². The Balaban J connectivity index is 1.73. The zero-order valence-electron chi connectivity index (χ0n) is 26.8. The Bertz CT molecular complexity index is 1720. The van der Waals surface area contributed by atoms with Crippen LogP contribution >= 0.6 is 14.7 Å². The summed E-state index contributed by atoms with van der Waals surface area (Å²) in [5.74, 6) is 0.543. The highest BCUT2D eigenvalue weighted by Gasteiger charge is 2.38. The molecule has 0 radical (unpaired) electrons. The van der Waals surface area contributed by atoms with Crippen molar-refractivity contribution in [1.29, 1.82) is 0 Å². The Morgan fingerprint density at radius 1 is 0.364 bits per heavy atom. The van der Waals surface area contributed by atoms with Crippen LogP contribution in [-0.4, -0.2) is 0 Å². The normalized spacial score (nSPS) is 11.8. The third-order valence-electron chi connectivity index (χ3n) is 8.88. The largest absolute Gasteiger partial charge is 0.433 e. The maximum Gasteiger partial charge on any atom is 0.307 e. The summed E-state index contributed by atoms with van der Waals surface area (Å²) in [5, 5.41) is 2.53. The van der Waals surface area contributed by atoms with Gasteiger partial charge in [0.05, 0.1) is 21.2 Å². The lowest BCUT2D eigenvalue weighted by Crippen LogP contribution is -2.26. The maximum absolute atomic E-state index is 15.4. The van der Waals surface area contributed by atoms with Gasteiger partial charge in [-0.15, -0.1) is 0 Å². The zero-order valence-corrected chi connectivity index (χ0v) is 28.6.